The van der Waals surface area contributed by atoms with Crippen molar-refractivity contribution >= 4 is 109 Å². The average molecular weight is 929 g/mol. The van der Waals surface area contributed by atoms with Gasteiger partial charge in [0.2, 0.25) is 0 Å². The lowest BCUT2D eigenvalue weighted by atomic mass is 9.35. The van der Waals surface area contributed by atoms with Crippen LogP contribution < -0.4 is 25.5 Å². The fourth-order valence-corrected chi connectivity index (χ4v) is 15.3. The monoisotopic (exact) mass is 928 g/mol. The molecule has 0 spiro atoms. The Bertz CT molecular complexity index is 3470. The van der Waals surface area contributed by atoms with Crippen molar-refractivity contribution in [3.05, 3.63) is 136 Å². The number of thiophene rings is 2. The molecule has 0 atom stereocenters. The Labute approximate surface area is 414 Å². The van der Waals surface area contributed by atoms with Gasteiger partial charge in [0.1, 0.15) is 0 Å². The summed E-state index contributed by atoms with van der Waals surface area (Å²) in [5.41, 5.74) is 21.2. The van der Waals surface area contributed by atoms with Crippen LogP contribution in [0.5, 0.6) is 0 Å². The van der Waals surface area contributed by atoms with Crippen LogP contribution in [0.3, 0.4) is 0 Å². The van der Waals surface area contributed by atoms with E-state index in [1.807, 2.05) is 22.7 Å². The van der Waals surface area contributed by atoms with Crippen LogP contribution in [-0.2, 0) is 32.5 Å². The number of hydrogen-bond donors (Lipinski definition) is 0. The summed E-state index contributed by atoms with van der Waals surface area (Å²) in [6.07, 6.45) is 4.76. The fraction of sp³-hybridized carbons (Fsp3) is 0.397. The molecule has 0 saturated carbocycles. The molecule has 4 heterocycles. The zero-order valence-corrected chi connectivity index (χ0v) is 45.0. The molecule has 5 heteroatoms. The summed E-state index contributed by atoms with van der Waals surface area (Å²) >= 11 is 3.97. The minimum absolute atomic E-state index is 0.00511. The summed E-state index contributed by atoms with van der Waals surface area (Å²) in [7, 11) is 0. The van der Waals surface area contributed by atoms with Gasteiger partial charge in [0, 0.05) is 57.8 Å². The van der Waals surface area contributed by atoms with Crippen LogP contribution in [0, 0.1) is 6.92 Å². The Balaban J connectivity index is 1.23. The summed E-state index contributed by atoms with van der Waals surface area (Å²) in [4.78, 5) is 5.46. The molecule has 2 nitrogen and oxygen atoms in total. The molecule has 0 N–H and O–H groups in total. The minimum atomic E-state index is 0.00511. The van der Waals surface area contributed by atoms with E-state index in [-0.39, 0.29) is 39.2 Å². The van der Waals surface area contributed by atoms with Gasteiger partial charge in [-0.3, -0.25) is 0 Å². The summed E-state index contributed by atoms with van der Waals surface area (Å²) in [6.45, 7) is 36.4. The van der Waals surface area contributed by atoms with Crippen molar-refractivity contribution in [2.24, 2.45) is 0 Å². The number of aryl methyl sites for hydroxylation is 1. The first-order valence-corrected chi connectivity index (χ1v) is 27.1. The number of rotatable bonds is 2. The van der Waals surface area contributed by atoms with Crippen molar-refractivity contribution in [3.63, 3.8) is 0 Å². The molecule has 12 rings (SSSR count). The molecule has 0 bridgehead atoms. The van der Waals surface area contributed by atoms with Crippen molar-refractivity contribution in [2.45, 2.75) is 162 Å². The second-order valence-electron chi connectivity index (χ2n) is 26.0. The highest BCUT2D eigenvalue weighted by Crippen LogP contribution is 2.55. The number of anilines is 6. The molecule has 2 aliphatic carbocycles. The van der Waals surface area contributed by atoms with Crippen LogP contribution in [-0.4, -0.2) is 6.71 Å². The average Bonchev–Trinajstić information content (AvgIpc) is 3.84. The molecule has 346 valence electrons. The first-order valence-electron chi connectivity index (χ1n) is 25.5. The van der Waals surface area contributed by atoms with Crippen molar-refractivity contribution in [3.8, 4) is 0 Å². The Kier molecular flexibility index (Phi) is 9.24. The lowest BCUT2D eigenvalue weighted by Crippen LogP contribution is -2.61. The summed E-state index contributed by atoms with van der Waals surface area (Å²) < 4.78 is 5.50. The first kappa shape index (κ1) is 44.4. The molecule has 8 aromatic rings. The standard InChI is InChI=1S/C63H69BN2S2/c1-36-29-49-55-50(30-36)66(47-17-16-18-53-54(47)40-31-37(58(2,3)4)19-23-51(40)67-53)56-41-32-38(59(5,6)7)20-24-52(41)68-57(56)64(55)46-34-44-45(63(14,15)28-27-62(44,12)13)35-48(46)65(49)39-21-22-42-43(33-39)61(10,11)26-25-60(42,8)9/h16-24,29-35H,25-28H2,1-15H3. The molecule has 0 amide bonds. The summed E-state index contributed by atoms with van der Waals surface area (Å²) in [5, 5.41) is 4.08. The normalized spacial score (nSPS) is 18.7. The van der Waals surface area contributed by atoms with E-state index in [0.717, 1.165) is 0 Å². The maximum Gasteiger partial charge on any atom is 0.264 e. The Morgan fingerprint density at radius 1 is 0.485 bits per heavy atom. The van der Waals surface area contributed by atoms with E-state index in [9.17, 15) is 0 Å². The van der Waals surface area contributed by atoms with Crippen molar-refractivity contribution in [2.75, 3.05) is 9.80 Å². The van der Waals surface area contributed by atoms with Crippen LogP contribution >= 0.6 is 22.7 Å². The fourth-order valence-electron chi connectivity index (χ4n) is 12.8. The van der Waals surface area contributed by atoms with Gasteiger partial charge in [-0.05, 0) is 182 Å². The molecule has 0 fully saturated rings. The van der Waals surface area contributed by atoms with E-state index in [0.29, 0.717) is 0 Å². The maximum atomic E-state index is 2.74. The van der Waals surface area contributed by atoms with E-state index in [1.54, 1.807) is 0 Å². The van der Waals surface area contributed by atoms with Gasteiger partial charge >= 0.3 is 0 Å². The van der Waals surface area contributed by atoms with Crippen LogP contribution in [0.1, 0.15) is 162 Å². The van der Waals surface area contributed by atoms with Gasteiger partial charge in [-0.1, -0.05) is 127 Å². The van der Waals surface area contributed by atoms with Crippen LogP contribution in [0.2, 0.25) is 0 Å². The molecule has 2 aromatic heterocycles. The summed E-state index contributed by atoms with van der Waals surface area (Å²) in [6, 6.07) is 39.8. The maximum absolute atomic E-state index is 2.74. The molecule has 2 aliphatic heterocycles. The third-order valence-electron chi connectivity index (χ3n) is 17.3. The van der Waals surface area contributed by atoms with Gasteiger partial charge in [-0.15, -0.1) is 22.7 Å². The largest absolute Gasteiger partial charge is 0.311 e. The number of fused-ring (bicyclic) bond motifs is 11. The number of nitrogens with zero attached hydrogens (tertiary/aromatic N) is 2. The zero-order valence-electron chi connectivity index (χ0n) is 43.4. The van der Waals surface area contributed by atoms with Gasteiger partial charge < -0.3 is 9.80 Å². The Hall–Kier alpha value is -4.84. The van der Waals surface area contributed by atoms with Gasteiger partial charge in [-0.25, -0.2) is 0 Å². The van der Waals surface area contributed by atoms with E-state index >= 15 is 0 Å². The highest BCUT2D eigenvalue weighted by molar-refractivity contribution is 7.33. The predicted molar refractivity (Wildman–Crippen MR) is 301 cm³/mol. The predicted octanol–water partition coefficient (Wildman–Crippen LogP) is 17.0. The van der Waals surface area contributed by atoms with Gasteiger partial charge in [0.05, 0.1) is 11.4 Å². The lowest BCUT2D eigenvalue weighted by molar-refractivity contribution is 0.332. The smallest absolute Gasteiger partial charge is 0.264 e. The number of hydrogen-bond acceptors (Lipinski definition) is 4. The van der Waals surface area contributed by atoms with Gasteiger partial charge in [0.15, 0.2) is 0 Å². The SMILES string of the molecule is Cc1cc2c3c(c1)N(c1cccc4sc5ccc(C(C)(C)C)cc5c14)c1c(sc4ccc(C(C)(C)C)cc14)B3c1cc3c(cc1N2c1ccc2c(c1)C(C)(C)CCC2(C)C)C(C)(C)CCC3(C)C. The molecule has 68 heavy (non-hydrogen) atoms. The Morgan fingerprint density at radius 2 is 1.03 bits per heavy atom. The van der Waals surface area contributed by atoms with E-state index < -0.39 is 0 Å². The number of benzene rings is 6. The molecule has 0 radical (unpaired) electrons. The van der Waals surface area contributed by atoms with E-state index in [4.69, 9.17) is 0 Å². The van der Waals surface area contributed by atoms with Crippen LogP contribution in [0.25, 0.3) is 30.3 Å². The van der Waals surface area contributed by atoms with Crippen molar-refractivity contribution in [1.29, 1.82) is 0 Å². The lowest BCUT2D eigenvalue weighted by Gasteiger charge is -2.47. The molecular weight excluding hydrogens is 860 g/mol. The Morgan fingerprint density at radius 3 is 1.65 bits per heavy atom. The third kappa shape index (κ3) is 6.39. The quantitative estimate of drug-likeness (QED) is 0.159. The molecule has 0 unspecified atom stereocenters. The van der Waals surface area contributed by atoms with E-state index in [1.165, 1.54) is 145 Å². The van der Waals surface area contributed by atoms with Crippen LogP contribution in [0.4, 0.5) is 34.1 Å². The van der Waals surface area contributed by atoms with Crippen molar-refractivity contribution in [1.82, 2.24) is 0 Å². The molecular formula is C63H69BN2S2. The second kappa shape index (κ2) is 14.2. The van der Waals surface area contributed by atoms with Crippen LogP contribution in [0.15, 0.2) is 97.1 Å². The minimum Gasteiger partial charge on any atom is -0.311 e. The second-order valence-corrected chi connectivity index (χ2v) is 28.2. The zero-order chi connectivity index (χ0) is 48.0. The molecule has 4 aliphatic rings. The van der Waals surface area contributed by atoms with Gasteiger partial charge in [-0.2, -0.15) is 0 Å². The van der Waals surface area contributed by atoms with Gasteiger partial charge in [0.25, 0.3) is 6.71 Å². The first-order chi connectivity index (χ1) is 31.8. The summed E-state index contributed by atoms with van der Waals surface area (Å²) in [5.74, 6) is 0. The third-order valence-corrected chi connectivity index (χ3v) is 19.7. The topological polar surface area (TPSA) is 6.48 Å². The highest BCUT2D eigenvalue weighted by Gasteiger charge is 2.49. The molecule has 0 saturated heterocycles. The molecule has 6 aromatic carbocycles. The van der Waals surface area contributed by atoms with E-state index in [2.05, 4.69) is 211 Å². The van der Waals surface area contributed by atoms with Crippen molar-refractivity contribution < 1.29 is 0 Å². The highest BCUT2D eigenvalue weighted by atomic mass is 32.1.